The number of benzene rings is 1. The van der Waals surface area contributed by atoms with Crippen LogP contribution < -0.4 is 4.74 Å². The second-order valence-electron chi connectivity index (χ2n) is 5.62. The molecule has 2 heterocycles. The van der Waals surface area contributed by atoms with E-state index < -0.39 is 0 Å². The first-order valence-corrected chi connectivity index (χ1v) is 7.01. The van der Waals surface area contributed by atoms with E-state index in [1.807, 2.05) is 18.2 Å². The Hall–Kier alpha value is -1.94. The lowest BCUT2D eigenvalue weighted by molar-refractivity contribution is 0.250. The van der Waals surface area contributed by atoms with E-state index in [2.05, 4.69) is 16.0 Å². The Morgan fingerprint density at radius 2 is 2.15 bits per heavy atom. The summed E-state index contributed by atoms with van der Waals surface area (Å²) in [5, 5.41) is 9.50. The molecule has 2 aliphatic rings. The Morgan fingerprint density at radius 1 is 1.25 bits per heavy atom. The fraction of sp³-hybridized carbons (Fsp3) is 0.375. The van der Waals surface area contributed by atoms with Gasteiger partial charge < -0.3 is 9.84 Å². The lowest BCUT2D eigenvalue weighted by atomic mass is 10.0. The molecule has 0 spiro atoms. The Morgan fingerprint density at radius 3 is 2.95 bits per heavy atom. The quantitative estimate of drug-likeness (QED) is 0.926. The first-order chi connectivity index (χ1) is 9.81. The second kappa shape index (κ2) is 4.28. The van der Waals surface area contributed by atoms with E-state index in [1.54, 1.807) is 6.20 Å². The number of aromatic nitrogens is 2. The standard InChI is InChI=1S/C16H16N2O2/c19-10-16(5-6-16)15-17-7-3-13(18-15)11-1-2-14-12(9-11)4-8-20-14/h1-3,7,9,19H,4-6,8,10H2. The SMILES string of the molecule is OCC1(c2nccc(-c3ccc4c(c3)CCO4)n2)CC1. The second-order valence-corrected chi connectivity index (χ2v) is 5.62. The molecule has 1 aromatic carbocycles. The minimum Gasteiger partial charge on any atom is -0.493 e. The zero-order chi connectivity index (χ0) is 13.6. The zero-order valence-electron chi connectivity index (χ0n) is 11.2. The van der Waals surface area contributed by atoms with Gasteiger partial charge in [0.2, 0.25) is 0 Å². The first kappa shape index (κ1) is 11.9. The largest absolute Gasteiger partial charge is 0.493 e. The number of fused-ring (bicyclic) bond motifs is 1. The van der Waals surface area contributed by atoms with Crippen LogP contribution in [0.3, 0.4) is 0 Å². The van der Waals surface area contributed by atoms with E-state index in [9.17, 15) is 5.11 Å². The molecular formula is C16H16N2O2. The van der Waals surface area contributed by atoms with Gasteiger partial charge in [-0.3, -0.25) is 0 Å². The summed E-state index contributed by atoms with van der Waals surface area (Å²) < 4.78 is 5.53. The van der Waals surface area contributed by atoms with Crippen molar-refractivity contribution >= 4 is 0 Å². The number of hydrogen-bond acceptors (Lipinski definition) is 4. The highest BCUT2D eigenvalue weighted by atomic mass is 16.5. The van der Waals surface area contributed by atoms with Crippen LogP contribution in [0.15, 0.2) is 30.5 Å². The normalized spacial score (nSPS) is 18.4. The fourth-order valence-electron chi connectivity index (χ4n) is 2.72. The van der Waals surface area contributed by atoms with Gasteiger partial charge in [-0.2, -0.15) is 0 Å². The van der Waals surface area contributed by atoms with Gasteiger partial charge in [-0.15, -0.1) is 0 Å². The molecule has 1 saturated carbocycles. The summed E-state index contributed by atoms with van der Waals surface area (Å²) in [5.74, 6) is 1.76. The minimum absolute atomic E-state index is 0.133. The van der Waals surface area contributed by atoms with E-state index in [4.69, 9.17) is 4.74 Å². The van der Waals surface area contributed by atoms with Crippen LogP contribution in [0, 0.1) is 0 Å². The molecule has 102 valence electrons. The molecule has 0 bridgehead atoms. The topological polar surface area (TPSA) is 55.2 Å². The average Bonchev–Trinajstić information content (AvgIpc) is 3.17. The number of aliphatic hydroxyl groups is 1. The van der Waals surface area contributed by atoms with Gasteiger partial charge in [0.25, 0.3) is 0 Å². The van der Waals surface area contributed by atoms with Gasteiger partial charge >= 0.3 is 0 Å². The van der Waals surface area contributed by atoms with Crippen molar-refractivity contribution in [2.24, 2.45) is 0 Å². The summed E-state index contributed by atoms with van der Waals surface area (Å²) in [7, 11) is 0. The van der Waals surface area contributed by atoms with Crippen molar-refractivity contribution in [1.29, 1.82) is 0 Å². The third-order valence-corrected chi connectivity index (χ3v) is 4.27. The fourth-order valence-corrected chi connectivity index (χ4v) is 2.72. The van der Waals surface area contributed by atoms with Crippen molar-refractivity contribution in [3.8, 4) is 17.0 Å². The molecule has 1 fully saturated rings. The smallest absolute Gasteiger partial charge is 0.137 e. The summed E-state index contributed by atoms with van der Waals surface area (Å²) in [6.07, 6.45) is 4.70. The first-order valence-electron chi connectivity index (χ1n) is 7.01. The van der Waals surface area contributed by atoms with E-state index in [-0.39, 0.29) is 12.0 Å². The van der Waals surface area contributed by atoms with Gasteiger partial charge in [0, 0.05) is 18.2 Å². The van der Waals surface area contributed by atoms with Crippen LogP contribution in [0.4, 0.5) is 0 Å². The molecule has 1 aliphatic carbocycles. The maximum Gasteiger partial charge on any atom is 0.137 e. The summed E-state index contributed by atoms with van der Waals surface area (Å²) >= 11 is 0. The van der Waals surface area contributed by atoms with E-state index in [0.717, 1.165) is 48.7 Å². The third kappa shape index (κ3) is 1.79. The summed E-state index contributed by atoms with van der Waals surface area (Å²) in [4.78, 5) is 9.01. The Balaban J connectivity index is 1.74. The summed E-state index contributed by atoms with van der Waals surface area (Å²) in [6.45, 7) is 0.899. The van der Waals surface area contributed by atoms with Crippen molar-refractivity contribution in [2.45, 2.75) is 24.7 Å². The Bertz CT molecular complexity index is 665. The van der Waals surface area contributed by atoms with Gasteiger partial charge in [0.05, 0.1) is 24.3 Å². The molecule has 0 amide bonds. The van der Waals surface area contributed by atoms with Gasteiger partial charge in [0.15, 0.2) is 0 Å². The molecular weight excluding hydrogens is 252 g/mol. The number of ether oxygens (including phenoxy) is 1. The van der Waals surface area contributed by atoms with Gasteiger partial charge in [-0.05, 0) is 42.7 Å². The highest BCUT2D eigenvalue weighted by Crippen LogP contribution is 2.46. The molecule has 0 saturated heterocycles. The predicted octanol–water partition coefficient (Wildman–Crippen LogP) is 2.10. The van der Waals surface area contributed by atoms with Gasteiger partial charge in [-0.25, -0.2) is 9.97 Å². The monoisotopic (exact) mass is 268 g/mol. The third-order valence-electron chi connectivity index (χ3n) is 4.27. The average molecular weight is 268 g/mol. The maximum atomic E-state index is 9.50. The lowest BCUT2D eigenvalue weighted by Gasteiger charge is -2.11. The van der Waals surface area contributed by atoms with Crippen LogP contribution in [-0.4, -0.2) is 28.3 Å². The maximum absolute atomic E-state index is 9.50. The molecule has 0 atom stereocenters. The summed E-state index contributed by atoms with van der Waals surface area (Å²) in [5.41, 5.74) is 3.07. The van der Waals surface area contributed by atoms with E-state index >= 15 is 0 Å². The van der Waals surface area contributed by atoms with Crippen molar-refractivity contribution in [2.75, 3.05) is 13.2 Å². The van der Waals surface area contributed by atoms with Crippen LogP contribution in [0.1, 0.15) is 24.2 Å². The molecule has 0 unspecified atom stereocenters. The molecule has 20 heavy (non-hydrogen) atoms. The molecule has 1 aliphatic heterocycles. The van der Waals surface area contributed by atoms with Gasteiger partial charge in [-0.1, -0.05) is 0 Å². The van der Waals surface area contributed by atoms with Crippen LogP contribution in [0.25, 0.3) is 11.3 Å². The lowest BCUT2D eigenvalue weighted by Crippen LogP contribution is -2.16. The van der Waals surface area contributed by atoms with Crippen LogP contribution in [0.2, 0.25) is 0 Å². The molecule has 2 aromatic rings. The number of rotatable bonds is 3. The van der Waals surface area contributed by atoms with Crippen molar-refractivity contribution < 1.29 is 9.84 Å². The molecule has 1 aromatic heterocycles. The van der Waals surface area contributed by atoms with Crippen LogP contribution >= 0.6 is 0 Å². The highest BCUT2D eigenvalue weighted by Gasteiger charge is 2.46. The van der Waals surface area contributed by atoms with E-state index in [1.165, 1.54) is 5.56 Å². The van der Waals surface area contributed by atoms with Crippen molar-refractivity contribution in [3.05, 3.63) is 41.9 Å². The number of nitrogens with zero attached hydrogens (tertiary/aromatic N) is 2. The van der Waals surface area contributed by atoms with Crippen molar-refractivity contribution in [1.82, 2.24) is 9.97 Å². The predicted molar refractivity (Wildman–Crippen MR) is 74.7 cm³/mol. The zero-order valence-corrected chi connectivity index (χ0v) is 11.2. The summed E-state index contributed by atoms with van der Waals surface area (Å²) in [6, 6.07) is 8.12. The van der Waals surface area contributed by atoms with Gasteiger partial charge in [0.1, 0.15) is 11.6 Å². The number of hydrogen-bond donors (Lipinski definition) is 1. The Kier molecular flexibility index (Phi) is 2.54. The minimum atomic E-state index is -0.185. The van der Waals surface area contributed by atoms with Crippen LogP contribution in [-0.2, 0) is 11.8 Å². The molecule has 1 N–H and O–H groups in total. The van der Waals surface area contributed by atoms with Crippen molar-refractivity contribution in [3.63, 3.8) is 0 Å². The number of aliphatic hydroxyl groups excluding tert-OH is 1. The molecule has 4 heteroatoms. The Labute approximate surface area is 117 Å². The molecule has 0 radical (unpaired) electrons. The van der Waals surface area contributed by atoms with E-state index in [0.29, 0.717) is 0 Å². The molecule has 4 rings (SSSR count). The molecule has 4 nitrogen and oxygen atoms in total. The van der Waals surface area contributed by atoms with Crippen LogP contribution in [0.5, 0.6) is 5.75 Å². The highest BCUT2D eigenvalue weighted by molar-refractivity contribution is 5.62.